The van der Waals surface area contributed by atoms with Crippen LogP contribution in [0, 0.1) is 0 Å². The Balaban J connectivity index is 1.79. The van der Waals surface area contributed by atoms with Gasteiger partial charge in [-0.25, -0.2) is 9.97 Å². The molecule has 8 heteroatoms. The van der Waals surface area contributed by atoms with E-state index in [1.807, 2.05) is 12.1 Å². The first-order valence-corrected chi connectivity index (χ1v) is 7.49. The monoisotopic (exact) mass is 351 g/mol. The zero-order chi connectivity index (χ0) is 15.3. The van der Waals surface area contributed by atoms with Crippen molar-refractivity contribution in [1.82, 2.24) is 19.9 Å². The topological polar surface area (TPSA) is 69.4 Å². The molecule has 3 aromatic heterocycles. The highest BCUT2D eigenvalue weighted by molar-refractivity contribution is 6.44. The molecule has 4 rings (SSSR count). The summed E-state index contributed by atoms with van der Waals surface area (Å²) in [4.78, 5) is 15.0. The maximum absolute atomic E-state index is 6.16. The van der Waals surface area contributed by atoms with E-state index < -0.39 is 0 Å². The third-order valence-electron chi connectivity index (χ3n) is 3.29. The Morgan fingerprint density at radius 1 is 0.909 bits per heavy atom. The van der Waals surface area contributed by atoms with Crippen molar-refractivity contribution < 1.29 is 0 Å². The molecule has 4 aromatic rings. The van der Waals surface area contributed by atoms with Crippen LogP contribution < -0.4 is 5.32 Å². The largest absolute Gasteiger partial charge is 0.358 e. The zero-order valence-electron chi connectivity index (χ0n) is 10.9. The number of aromatic amines is 2. The van der Waals surface area contributed by atoms with Crippen LogP contribution in [0.5, 0.6) is 0 Å². The van der Waals surface area contributed by atoms with E-state index in [0.29, 0.717) is 26.7 Å². The van der Waals surface area contributed by atoms with Crippen molar-refractivity contribution in [1.29, 1.82) is 0 Å². The number of hydrogen-bond acceptors (Lipinski definition) is 3. The first-order chi connectivity index (χ1) is 10.6. The fourth-order valence-corrected chi connectivity index (χ4v) is 2.78. The number of rotatable bonds is 2. The predicted octanol–water partition coefficient (Wildman–Crippen LogP) is 5.14. The second-order valence-electron chi connectivity index (χ2n) is 4.70. The molecule has 0 aliphatic carbocycles. The van der Waals surface area contributed by atoms with Gasteiger partial charge in [-0.2, -0.15) is 0 Å². The van der Waals surface area contributed by atoms with Gasteiger partial charge in [0, 0.05) is 6.20 Å². The molecule has 0 amide bonds. The van der Waals surface area contributed by atoms with Crippen molar-refractivity contribution in [3.63, 3.8) is 0 Å². The standard InChI is InChI=1S/C14H8Cl3N5/c15-6-1-2-8-13(11(6)17)22-14(19-8)20-9-5-18-7-3-4-10(16)21-12(7)9/h1-5,18H,(H2,19,20,22). The van der Waals surface area contributed by atoms with Crippen molar-refractivity contribution in [2.24, 2.45) is 0 Å². The smallest absolute Gasteiger partial charge is 0.205 e. The van der Waals surface area contributed by atoms with Gasteiger partial charge in [-0.3, -0.25) is 0 Å². The molecule has 0 atom stereocenters. The summed E-state index contributed by atoms with van der Waals surface area (Å²) >= 11 is 18.1. The van der Waals surface area contributed by atoms with Gasteiger partial charge < -0.3 is 15.3 Å². The predicted molar refractivity (Wildman–Crippen MR) is 90.5 cm³/mol. The second kappa shape index (κ2) is 5.05. The summed E-state index contributed by atoms with van der Waals surface area (Å²) in [5.41, 5.74) is 3.78. The van der Waals surface area contributed by atoms with E-state index in [0.717, 1.165) is 22.2 Å². The van der Waals surface area contributed by atoms with E-state index in [9.17, 15) is 0 Å². The average Bonchev–Trinajstić information content (AvgIpc) is 3.08. The maximum Gasteiger partial charge on any atom is 0.205 e. The van der Waals surface area contributed by atoms with E-state index in [-0.39, 0.29) is 0 Å². The lowest BCUT2D eigenvalue weighted by Crippen LogP contribution is -1.91. The summed E-state index contributed by atoms with van der Waals surface area (Å²) in [5, 5.41) is 4.48. The van der Waals surface area contributed by atoms with Gasteiger partial charge >= 0.3 is 0 Å². The van der Waals surface area contributed by atoms with Crippen LogP contribution >= 0.6 is 34.8 Å². The number of halogens is 3. The van der Waals surface area contributed by atoms with E-state index in [4.69, 9.17) is 34.8 Å². The number of nitrogens with zero attached hydrogens (tertiary/aromatic N) is 2. The highest BCUT2D eigenvalue weighted by atomic mass is 35.5. The lowest BCUT2D eigenvalue weighted by Gasteiger charge is -1.99. The van der Waals surface area contributed by atoms with Crippen LogP contribution in [-0.2, 0) is 0 Å². The summed E-state index contributed by atoms with van der Waals surface area (Å²) in [5.74, 6) is 0.543. The van der Waals surface area contributed by atoms with Gasteiger partial charge in [0.2, 0.25) is 5.95 Å². The van der Waals surface area contributed by atoms with Crippen molar-refractivity contribution in [3.05, 3.63) is 45.7 Å². The molecule has 0 bridgehead atoms. The molecule has 0 aliphatic rings. The molecule has 3 N–H and O–H groups in total. The molecule has 22 heavy (non-hydrogen) atoms. The van der Waals surface area contributed by atoms with Crippen LogP contribution in [0.1, 0.15) is 0 Å². The second-order valence-corrected chi connectivity index (χ2v) is 5.87. The number of pyridine rings is 1. The summed E-state index contributed by atoms with van der Waals surface area (Å²) in [7, 11) is 0. The number of H-pyrrole nitrogens is 2. The molecule has 0 aliphatic heterocycles. The molecule has 3 heterocycles. The number of anilines is 2. The van der Waals surface area contributed by atoms with Crippen LogP contribution in [0.4, 0.5) is 11.6 Å². The number of fused-ring (bicyclic) bond motifs is 2. The van der Waals surface area contributed by atoms with Crippen LogP contribution in [0.25, 0.3) is 22.1 Å². The molecule has 1 aromatic carbocycles. The highest BCUT2D eigenvalue weighted by Crippen LogP contribution is 2.31. The summed E-state index contributed by atoms with van der Waals surface area (Å²) < 4.78 is 0. The molecule has 0 unspecified atom stereocenters. The Morgan fingerprint density at radius 3 is 2.59 bits per heavy atom. The summed E-state index contributed by atoms with van der Waals surface area (Å²) in [6.07, 6.45) is 1.80. The Bertz CT molecular complexity index is 1000. The van der Waals surface area contributed by atoms with Crippen molar-refractivity contribution in [2.45, 2.75) is 0 Å². The van der Waals surface area contributed by atoms with E-state index in [1.54, 1.807) is 18.3 Å². The zero-order valence-corrected chi connectivity index (χ0v) is 13.2. The summed E-state index contributed by atoms with van der Waals surface area (Å²) in [6, 6.07) is 7.14. The minimum atomic E-state index is 0.420. The molecule has 0 saturated carbocycles. The quantitative estimate of drug-likeness (QED) is 0.437. The number of hydrogen-bond donors (Lipinski definition) is 3. The van der Waals surface area contributed by atoms with Gasteiger partial charge in [-0.05, 0) is 24.3 Å². The van der Waals surface area contributed by atoms with Crippen molar-refractivity contribution >= 4 is 68.5 Å². The Kier molecular flexibility index (Phi) is 3.14. The van der Waals surface area contributed by atoms with Gasteiger partial charge in [0.25, 0.3) is 0 Å². The third kappa shape index (κ3) is 2.18. The normalized spacial score (nSPS) is 11.4. The van der Waals surface area contributed by atoms with Crippen LogP contribution in [0.15, 0.2) is 30.5 Å². The minimum Gasteiger partial charge on any atom is -0.358 e. The number of aromatic nitrogens is 4. The first-order valence-electron chi connectivity index (χ1n) is 6.36. The SMILES string of the molecule is Clc1ccc2[nH]cc(Nc3nc4c(Cl)c(Cl)ccc4[nH]3)c2n1. The Labute approximate surface area is 139 Å². The molecule has 0 radical (unpaired) electrons. The molecule has 0 spiro atoms. The van der Waals surface area contributed by atoms with Gasteiger partial charge in [0.05, 0.1) is 26.8 Å². The van der Waals surface area contributed by atoms with Crippen molar-refractivity contribution in [3.8, 4) is 0 Å². The fraction of sp³-hybridized carbons (Fsp3) is 0. The minimum absolute atomic E-state index is 0.420. The number of benzene rings is 1. The number of nitrogens with one attached hydrogen (secondary N) is 3. The molecular formula is C14H8Cl3N5. The van der Waals surface area contributed by atoms with Crippen LogP contribution in [0.3, 0.4) is 0 Å². The summed E-state index contributed by atoms with van der Waals surface area (Å²) in [6.45, 7) is 0. The molecule has 5 nitrogen and oxygen atoms in total. The van der Waals surface area contributed by atoms with E-state index in [1.165, 1.54) is 0 Å². The lowest BCUT2D eigenvalue weighted by atomic mass is 10.3. The van der Waals surface area contributed by atoms with Crippen LogP contribution in [0.2, 0.25) is 15.2 Å². The van der Waals surface area contributed by atoms with Gasteiger partial charge in [0.1, 0.15) is 16.2 Å². The molecule has 0 saturated heterocycles. The Hall–Kier alpha value is -1.95. The highest BCUT2D eigenvalue weighted by Gasteiger charge is 2.11. The van der Waals surface area contributed by atoms with E-state index >= 15 is 0 Å². The fourth-order valence-electron chi connectivity index (χ4n) is 2.27. The molecular weight excluding hydrogens is 345 g/mol. The Morgan fingerprint density at radius 2 is 1.73 bits per heavy atom. The maximum atomic E-state index is 6.16. The number of imidazole rings is 1. The lowest BCUT2D eigenvalue weighted by molar-refractivity contribution is 1.31. The van der Waals surface area contributed by atoms with Gasteiger partial charge in [0.15, 0.2) is 0 Å². The van der Waals surface area contributed by atoms with Crippen LogP contribution in [-0.4, -0.2) is 19.9 Å². The molecule has 110 valence electrons. The average molecular weight is 353 g/mol. The van der Waals surface area contributed by atoms with Gasteiger partial charge in [-0.15, -0.1) is 0 Å². The van der Waals surface area contributed by atoms with Crippen molar-refractivity contribution in [2.75, 3.05) is 5.32 Å². The van der Waals surface area contributed by atoms with Gasteiger partial charge in [-0.1, -0.05) is 34.8 Å². The first kappa shape index (κ1) is 13.7. The third-order valence-corrected chi connectivity index (χ3v) is 4.29. The molecule has 0 fully saturated rings. The van der Waals surface area contributed by atoms with E-state index in [2.05, 4.69) is 25.3 Å².